The summed E-state index contributed by atoms with van der Waals surface area (Å²) in [5, 5.41) is 0.167. The van der Waals surface area contributed by atoms with Crippen LogP contribution in [0.4, 0.5) is 0 Å². The van der Waals surface area contributed by atoms with Gasteiger partial charge in [-0.1, -0.05) is 51.5 Å². The van der Waals surface area contributed by atoms with Crippen molar-refractivity contribution in [2.45, 2.75) is 45.4 Å². The van der Waals surface area contributed by atoms with Crippen molar-refractivity contribution in [1.29, 1.82) is 0 Å². The summed E-state index contributed by atoms with van der Waals surface area (Å²) in [5.74, 6) is 0.655. The van der Waals surface area contributed by atoms with Gasteiger partial charge in [-0.05, 0) is 29.9 Å². The molecule has 0 spiro atoms. The second kappa shape index (κ2) is 6.17. The fourth-order valence-corrected chi connectivity index (χ4v) is 2.23. The zero-order valence-electron chi connectivity index (χ0n) is 9.96. The summed E-state index contributed by atoms with van der Waals surface area (Å²) >= 11 is 6.33. The largest absolute Gasteiger partial charge is 0.118 e. The highest BCUT2D eigenvalue weighted by Crippen LogP contribution is 2.27. The maximum absolute atomic E-state index is 6.33. The van der Waals surface area contributed by atoms with E-state index in [1.807, 2.05) is 0 Å². The van der Waals surface area contributed by atoms with E-state index in [4.69, 9.17) is 11.6 Å². The zero-order chi connectivity index (χ0) is 11.3. The highest BCUT2D eigenvalue weighted by molar-refractivity contribution is 6.20. The number of alkyl halides is 1. The van der Waals surface area contributed by atoms with Crippen molar-refractivity contribution in [2.24, 2.45) is 5.92 Å². The molecule has 0 bridgehead atoms. The lowest BCUT2D eigenvalue weighted by molar-refractivity contribution is 0.575. The molecular weight excluding hydrogens is 204 g/mol. The smallest absolute Gasteiger partial charge is 0.0587 e. The van der Waals surface area contributed by atoms with Crippen LogP contribution < -0.4 is 0 Å². The Balaban J connectivity index is 2.62. The van der Waals surface area contributed by atoms with Crippen molar-refractivity contribution in [1.82, 2.24) is 0 Å². The van der Waals surface area contributed by atoms with Crippen LogP contribution in [0.3, 0.4) is 0 Å². The van der Waals surface area contributed by atoms with E-state index in [9.17, 15) is 0 Å². The van der Waals surface area contributed by atoms with Gasteiger partial charge in [0.1, 0.15) is 0 Å². The third-order valence-corrected chi connectivity index (χ3v) is 2.99. The lowest BCUT2D eigenvalue weighted by atomic mass is 10.0. The van der Waals surface area contributed by atoms with Gasteiger partial charge in [-0.3, -0.25) is 0 Å². The molecule has 1 rings (SSSR count). The van der Waals surface area contributed by atoms with E-state index in [1.165, 1.54) is 17.5 Å². The summed E-state index contributed by atoms with van der Waals surface area (Å²) in [5.41, 5.74) is 2.67. The Morgan fingerprint density at radius 1 is 1.13 bits per heavy atom. The van der Waals surface area contributed by atoms with Gasteiger partial charge in [0.2, 0.25) is 0 Å². The molecule has 0 amide bonds. The van der Waals surface area contributed by atoms with Gasteiger partial charge in [0, 0.05) is 0 Å². The van der Waals surface area contributed by atoms with Gasteiger partial charge in [0.25, 0.3) is 0 Å². The first-order chi connectivity index (χ1) is 7.13. The minimum atomic E-state index is 0.167. The van der Waals surface area contributed by atoms with Gasteiger partial charge in [-0.2, -0.15) is 0 Å². The fourth-order valence-electron chi connectivity index (χ4n) is 1.73. The maximum atomic E-state index is 6.33. The third-order valence-electron chi connectivity index (χ3n) is 2.56. The molecule has 0 aliphatic heterocycles. The average Bonchev–Trinajstić information content (AvgIpc) is 2.18. The Labute approximate surface area is 98.7 Å². The Bertz CT molecular complexity index is 274. The fraction of sp³-hybridized carbons (Fsp3) is 0.571. The number of hydrogen-bond acceptors (Lipinski definition) is 0. The standard InChI is InChI=1S/C14H21Cl/c1-4-5-12-6-8-13(9-7-12)14(15)10-11(2)3/h6-9,11,14H,4-5,10H2,1-3H3. The Hall–Kier alpha value is -0.490. The SMILES string of the molecule is CCCc1ccc(C(Cl)CC(C)C)cc1. The van der Waals surface area contributed by atoms with E-state index in [0.29, 0.717) is 5.92 Å². The first-order valence-corrected chi connectivity index (χ1v) is 6.30. The first-order valence-electron chi connectivity index (χ1n) is 5.86. The molecule has 1 aromatic carbocycles. The van der Waals surface area contributed by atoms with Gasteiger partial charge in [0.05, 0.1) is 5.38 Å². The predicted molar refractivity (Wildman–Crippen MR) is 68.5 cm³/mol. The Kier molecular flexibility index (Phi) is 5.17. The minimum Gasteiger partial charge on any atom is -0.118 e. The molecule has 0 aliphatic carbocycles. The second-order valence-corrected chi connectivity index (χ2v) is 5.12. The molecule has 1 aromatic rings. The van der Waals surface area contributed by atoms with E-state index < -0.39 is 0 Å². The second-order valence-electron chi connectivity index (χ2n) is 4.59. The predicted octanol–water partition coefficient (Wildman–Crippen LogP) is 4.97. The Morgan fingerprint density at radius 2 is 1.73 bits per heavy atom. The van der Waals surface area contributed by atoms with Crippen molar-refractivity contribution in [3.63, 3.8) is 0 Å². The van der Waals surface area contributed by atoms with Crippen molar-refractivity contribution >= 4 is 11.6 Å². The van der Waals surface area contributed by atoms with E-state index in [2.05, 4.69) is 45.0 Å². The van der Waals surface area contributed by atoms with Gasteiger partial charge >= 0.3 is 0 Å². The van der Waals surface area contributed by atoms with Crippen LogP contribution in [0.5, 0.6) is 0 Å². The van der Waals surface area contributed by atoms with E-state index in [1.54, 1.807) is 0 Å². The molecule has 0 aliphatic rings. The molecule has 84 valence electrons. The molecule has 1 unspecified atom stereocenters. The van der Waals surface area contributed by atoms with E-state index >= 15 is 0 Å². The average molecular weight is 225 g/mol. The molecule has 1 heteroatoms. The molecule has 0 N–H and O–H groups in total. The van der Waals surface area contributed by atoms with E-state index in [0.717, 1.165) is 12.8 Å². The number of aryl methyl sites for hydroxylation is 1. The monoisotopic (exact) mass is 224 g/mol. The summed E-state index contributed by atoms with van der Waals surface area (Å²) < 4.78 is 0. The molecule has 0 heterocycles. The quantitative estimate of drug-likeness (QED) is 0.620. The normalized spacial score (nSPS) is 13.1. The van der Waals surface area contributed by atoms with Crippen LogP contribution in [0.2, 0.25) is 0 Å². The van der Waals surface area contributed by atoms with Crippen LogP contribution in [-0.2, 0) is 6.42 Å². The lowest BCUT2D eigenvalue weighted by Crippen LogP contribution is -1.96. The summed E-state index contributed by atoms with van der Waals surface area (Å²) in [6.07, 6.45) is 3.42. The van der Waals surface area contributed by atoms with Gasteiger partial charge in [-0.25, -0.2) is 0 Å². The summed E-state index contributed by atoms with van der Waals surface area (Å²) in [4.78, 5) is 0. The molecule has 0 saturated heterocycles. The number of halogens is 1. The highest BCUT2D eigenvalue weighted by Gasteiger charge is 2.09. The molecule has 1 atom stereocenters. The molecule has 0 aromatic heterocycles. The van der Waals surface area contributed by atoms with Crippen LogP contribution in [0.25, 0.3) is 0 Å². The van der Waals surface area contributed by atoms with Crippen molar-refractivity contribution < 1.29 is 0 Å². The molecular formula is C14H21Cl. The first kappa shape index (κ1) is 12.6. The van der Waals surface area contributed by atoms with Crippen molar-refractivity contribution in [3.05, 3.63) is 35.4 Å². The van der Waals surface area contributed by atoms with Crippen LogP contribution in [-0.4, -0.2) is 0 Å². The lowest BCUT2D eigenvalue weighted by Gasteiger charge is -2.12. The van der Waals surface area contributed by atoms with Crippen molar-refractivity contribution in [2.75, 3.05) is 0 Å². The van der Waals surface area contributed by atoms with Crippen LogP contribution in [0, 0.1) is 5.92 Å². The molecule has 0 nitrogen and oxygen atoms in total. The molecule has 15 heavy (non-hydrogen) atoms. The van der Waals surface area contributed by atoms with Gasteiger partial charge in [0.15, 0.2) is 0 Å². The molecule has 0 radical (unpaired) electrons. The third kappa shape index (κ3) is 4.25. The Morgan fingerprint density at radius 3 is 2.20 bits per heavy atom. The number of benzene rings is 1. The summed E-state index contributed by atoms with van der Waals surface area (Å²) in [6, 6.07) is 8.75. The topological polar surface area (TPSA) is 0 Å². The van der Waals surface area contributed by atoms with Gasteiger partial charge in [-0.15, -0.1) is 11.6 Å². The summed E-state index contributed by atoms with van der Waals surface area (Å²) in [6.45, 7) is 6.62. The number of rotatable bonds is 5. The van der Waals surface area contributed by atoms with Crippen LogP contribution in [0.1, 0.15) is 50.1 Å². The number of hydrogen-bond donors (Lipinski definition) is 0. The molecule has 0 fully saturated rings. The summed E-state index contributed by atoms with van der Waals surface area (Å²) in [7, 11) is 0. The highest BCUT2D eigenvalue weighted by atomic mass is 35.5. The maximum Gasteiger partial charge on any atom is 0.0587 e. The van der Waals surface area contributed by atoms with E-state index in [-0.39, 0.29) is 5.38 Å². The van der Waals surface area contributed by atoms with Crippen LogP contribution in [0.15, 0.2) is 24.3 Å². The zero-order valence-corrected chi connectivity index (χ0v) is 10.7. The van der Waals surface area contributed by atoms with Crippen LogP contribution >= 0.6 is 11.6 Å². The van der Waals surface area contributed by atoms with Crippen molar-refractivity contribution in [3.8, 4) is 0 Å². The minimum absolute atomic E-state index is 0.167. The van der Waals surface area contributed by atoms with Gasteiger partial charge < -0.3 is 0 Å². The molecule has 0 saturated carbocycles.